The molecule has 2 aromatic carbocycles. The van der Waals surface area contributed by atoms with Gasteiger partial charge in [0.1, 0.15) is 5.82 Å². The second-order valence-electron chi connectivity index (χ2n) is 6.95. The van der Waals surface area contributed by atoms with Crippen LogP contribution in [-0.2, 0) is 0 Å². The maximum absolute atomic E-state index is 12.4. The van der Waals surface area contributed by atoms with Gasteiger partial charge in [0, 0.05) is 23.0 Å². The maximum atomic E-state index is 12.4. The second-order valence-corrected chi connectivity index (χ2v) is 7.39. The molecule has 1 unspecified atom stereocenters. The van der Waals surface area contributed by atoms with E-state index in [1.165, 1.54) is 6.20 Å². The molecule has 2 heterocycles. The number of nitrogens with one attached hydrogen (secondary N) is 3. The van der Waals surface area contributed by atoms with Crippen LogP contribution in [0, 0.1) is 0 Å². The van der Waals surface area contributed by atoms with Crippen molar-refractivity contribution in [1.82, 2.24) is 20.1 Å². The van der Waals surface area contributed by atoms with Gasteiger partial charge in [-0.05, 0) is 35.9 Å². The quantitative estimate of drug-likeness (QED) is 0.333. The lowest BCUT2D eigenvalue weighted by Crippen LogP contribution is -2.34. The van der Waals surface area contributed by atoms with Crippen LogP contribution in [0.15, 0.2) is 85.3 Å². The lowest BCUT2D eigenvalue weighted by atomic mass is 10.1. The number of para-hydroxylation sites is 1. The van der Waals surface area contributed by atoms with Gasteiger partial charge in [0.05, 0.1) is 36.4 Å². The summed E-state index contributed by atoms with van der Waals surface area (Å²) in [5.74, 6) is 0.670. The van der Waals surface area contributed by atoms with Gasteiger partial charge in [0.2, 0.25) is 0 Å². The van der Waals surface area contributed by atoms with Crippen LogP contribution in [0.1, 0.15) is 11.6 Å². The minimum absolute atomic E-state index is 0.263. The summed E-state index contributed by atoms with van der Waals surface area (Å²) in [7, 11) is 0. The second kappa shape index (κ2) is 9.95. The summed E-state index contributed by atoms with van der Waals surface area (Å²) in [6.07, 6.45) is 4.91. The summed E-state index contributed by atoms with van der Waals surface area (Å²) in [5.41, 5.74) is 2.91. The van der Waals surface area contributed by atoms with Crippen molar-refractivity contribution in [3.63, 3.8) is 0 Å². The van der Waals surface area contributed by atoms with Crippen molar-refractivity contribution in [3.05, 3.63) is 95.9 Å². The summed E-state index contributed by atoms with van der Waals surface area (Å²) in [6.45, 7) is -0.263. The molecule has 0 radical (unpaired) electrons. The Kier molecular flexibility index (Phi) is 6.64. The Balaban J connectivity index is 1.41. The summed E-state index contributed by atoms with van der Waals surface area (Å²) in [5, 5.41) is 23.2. The van der Waals surface area contributed by atoms with Gasteiger partial charge in [-0.1, -0.05) is 41.9 Å². The van der Waals surface area contributed by atoms with Gasteiger partial charge in [-0.2, -0.15) is 5.10 Å². The first-order valence-electron chi connectivity index (χ1n) is 9.88. The highest BCUT2D eigenvalue weighted by Crippen LogP contribution is 2.19. The van der Waals surface area contributed by atoms with E-state index in [1.54, 1.807) is 41.3 Å². The van der Waals surface area contributed by atoms with Crippen LogP contribution in [0.3, 0.4) is 0 Å². The standard InChI is InChI=1S/C23H21ClN6O2/c24-17-6-4-5-16(11-17)21(15-31)29-23(32)28-19-13-26-30(14-19)20-9-10-25-22(12-20)27-18-7-2-1-3-8-18/h1-14,21,31H,15H2,(H,25,27)(H2,28,29,32). The van der Waals surface area contributed by atoms with E-state index in [0.717, 1.165) is 11.4 Å². The van der Waals surface area contributed by atoms with Crippen LogP contribution in [0.25, 0.3) is 5.69 Å². The van der Waals surface area contributed by atoms with Gasteiger partial charge >= 0.3 is 6.03 Å². The average Bonchev–Trinajstić information content (AvgIpc) is 3.27. The molecule has 9 heteroatoms. The maximum Gasteiger partial charge on any atom is 0.319 e. The number of rotatable bonds is 7. The number of hydrogen-bond donors (Lipinski definition) is 4. The molecule has 0 fully saturated rings. The Morgan fingerprint density at radius 3 is 2.69 bits per heavy atom. The fourth-order valence-electron chi connectivity index (χ4n) is 3.11. The molecular formula is C23H21ClN6O2. The number of hydrogen-bond acceptors (Lipinski definition) is 5. The highest BCUT2D eigenvalue weighted by Gasteiger charge is 2.15. The minimum Gasteiger partial charge on any atom is -0.394 e. The zero-order chi connectivity index (χ0) is 22.3. The highest BCUT2D eigenvalue weighted by atomic mass is 35.5. The van der Waals surface area contributed by atoms with E-state index in [1.807, 2.05) is 42.5 Å². The molecule has 4 N–H and O–H groups in total. The number of amides is 2. The van der Waals surface area contributed by atoms with E-state index in [9.17, 15) is 9.90 Å². The Labute approximate surface area is 189 Å². The Morgan fingerprint density at radius 1 is 1.06 bits per heavy atom. The monoisotopic (exact) mass is 448 g/mol. The number of aliphatic hydroxyl groups is 1. The van der Waals surface area contributed by atoms with Crippen molar-refractivity contribution >= 4 is 34.8 Å². The largest absolute Gasteiger partial charge is 0.394 e. The van der Waals surface area contributed by atoms with E-state index >= 15 is 0 Å². The van der Waals surface area contributed by atoms with Crippen molar-refractivity contribution in [3.8, 4) is 5.69 Å². The number of anilines is 3. The molecule has 162 valence electrons. The van der Waals surface area contributed by atoms with Crippen molar-refractivity contribution in [2.75, 3.05) is 17.2 Å². The lowest BCUT2D eigenvalue weighted by Gasteiger charge is -2.17. The van der Waals surface area contributed by atoms with Crippen molar-refractivity contribution in [1.29, 1.82) is 0 Å². The molecular weight excluding hydrogens is 428 g/mol. The number of aliphatic hydroxyl groups excluding tert-OH is 1. The summed E-state index contributed by atoms with van der Waals surface area (Å²) < 4.78 is 1.63. The molecule has 1 atom stereocenters. The normalized spacial score (nSPS) is 11.6. The first-order valence-corrected chi connectivity index (χ1v) is 10.3. The number of nitrogens with zero attached hydrogens (tertiary/aromatic N) is 3. The molecule has 0 aliphatic heterocycles. The number of carbonyl (C=O) groups is 1. The third-order valence-electron chi connectivity index (χ3n) is 4.63. The molecule has 2 amide bonds. The first-order chi connectivity index (χ1) is 15.6. The van der Waals surface area contributed by atoms with Gasteiger partial charge in [-0.3, -0.25) is 0 Å². The summed E-state index contributed by atoms with van der Waals surface area (Å²) >= 11 is 6.00. The third kappa shape index (κ3) is 5.42. The molecule has 0 saturated heterocycles. The highest BCUT2D eigenvalue weighted by molar-refractivity contribution is 6.30. The van der Waals surface area contributed by atoms with Gasteiger partial charge in [0.25, 0.3) is 0 Å². The van der Waals surface area contributed by atoms with Crippen LogP contribution in [0.2, 0.25) is 5.02 Å². The molecule has 0 spiro atoms. The van der Waals surface area contributed by atoms with Gasteiger partial charge in [0.15, 0.2) is 0 Å². The molecule has 4 aromatic rings. The molecule has 0 aliphatic rings. The number of halogens is 1. The predicted octanol–water partition coefficient (Wildman–Crippen LogP) is 4.52. The summed E-state index contributed by atoms with van der Waals surface area (Å²) in [6, 6.07) is 19.3. The number of benzene rings is 2. The molecule has 0 aliphatic carbocycles. The van der Waals surface area contributed by atoms with E-state index in [4.69, 9.17) is 11.6 Å². The van der Waals surface area contributed by atoms with Crippen LogP contribution in [0.5, 0.6) is 0 Å². The zero-order valence-corrected chi connectivity index (χ0v) is 17.7. The minimum atomic E-state index is -0.587. The van der Waals surface area contributed by atoms with Crippen LogP contribution < -0.4 is 16.0 Å². The first kappa shape index (κ1) is 21.4. The Bertz CT molecular complexity index is 1200. The number of urea groups is 1. The number of aromatic nitrogens is 3. The van der Waals surface area contributed by atoms with E-state index in [0.29, 0.717) is 22.1 Å². The number of carbonyl (C=O) groups excluding carboxylic acids is 1. The third-order valence-corrected chi connectivity index (χ3v) is 4.87. The van der Waals surface area contributed by atoms with Crippen molar-refractivity contribution < 1.29 is 9.90 Å². The fraction of sp³-hybridized carbons (Fsp3) is 0.0870. The van der Waals surface area contributed by atoms with E-state index in [-0.39, 0.29) is 6.61 Å². The van der Waals surface area contributed by atoms with E-state index < -0.39 is 12.1 Å². The summed E-state index contributed by atoms with van der Waals surface area (Å²) in [4.78, 5) is 16.7. The molecule has 0 bridgehead atoms. The van der Waals surface area contributed by atoms with Crippen LogP contribution in [0.4, 0.5) is 22.0 Å². The molecule has 8 nitrogen and oxygen atoms in total. The zero-order valence-electron chi connectivity index (χ0n) is 16.9. The number of pyridine rings is 1. The molecule has 2 aromatic heterocycles. The van der Waals surface area contributed by atoms with Crippen molar-refractivity contribution in [2.45, 2.75) is 6.04 Å². The van der Waals surface area contributed by atoms with Crippen LogP contribution in [-0.4, -0.2) is 32.5 Å². The fourth-order valence-corrected chi connectivity index (χ4v) is 3.31. The Hall–Kier alpha value is -3.88. The average molecular weight is 449 g/mol. The molecule has 4 rings (SSSR count). The lowest BCUT2D eigenvalue weighted by molar-refractivity contribution is 0.225. The van der Waals surface area contributed by atoms with Gasteiger partial charge in [-0.15, -0.1) is 0 Å². The Morgan fingerprint density at radius 2 is 1.91 bits per heavy atom. The predicted molar refractivity (Wildman–Crippen MR) is 125 cm³/mol. The van der Waals surface area contributed by atoms with Gasteiger partial charge < -0.3 is 21.1 Å². The SMILES string of the molecule is O=C(Nc1cnn(-c2ccnc(Nc3ccccc3)c2)c1)NC(CO)c1cccc(Cl)c1. The van der Waals surface area contributed by atoms with Crippen LogP contribution >= 0.6 is 11.6 Å². The van der Waals surface area contributed by atoms with E-state index in [2.05, 4.69) is 26.0 Å². The molecule has 0 saturated carbocycles. The molecule has 32 heavy (non-hydrogen) atoms. The smallest absolute Gasteiger partial charge is 0.319 e. The topological polar surface area (TPSA) is 104 Å². The van der Waals surface area contributed by atoms with Gasteiger partial charge in [-0.25, -0.2) is 14.5 Å². The van der Waals surface area contributed by atoms with Crippen molar-refractivity contribution in [2.24, 2.45) is 0 Å².